The molecule has 0 aromatic heterocycles. The Hall–Kier alpha value is -3.55. The Labute approximate surface area is 205 Å². The van der Waals surface area contributed by atoms with E-state index >= 15 is 0 Å². The van der Waals surface area contributed by atoms with E-state index in [1.54, 1.807) is 44.2 Å². The number of allylic oxidation sites excluding steroid dienone is 1. The van der Waals surface area contributed by atoms with Crippen LogP contribution in [0.2, 0.25) is 0 Å². The number of carbonyl (C=O) groups is 2. The van der Waals surface area contributed by atoms with E-state index in [9.17, 15) is 14.0 Å². The van der Waals surface area contributed by atoms with Crippen LogP contribution >= 0.6 is 0 Å². The highest BCUT2D eigenvalue weighted by atomic mass is 19.1. The fraction of sp³-hybridized carbons (Fsp3) is 0.407. The van der Waals surface area contributed by atoms with Crippen molar-refractivity contribution in [2.24, 2.45) is 0 Å². The number of unbranched alkanes of at least 4 members (excludes halogenated alkanes) is 1. The second-order valence-corrected chi connectivity index (χ2v) is 8.54. The van der Waals surface area contributed by atoms with Gasteiger partial charge in [0.25, 0.3) is 0 Å². The van der Waals surface area contributed by atoms with Gasteiger partial charge < -0.3 is 24.8 Å². The van der Waals surface area contributed by atoms with Gasteiger partial charge in [0.1, 0.15) is 12.4 Å². The van der Waals surface area contributed by atoms with Crippen LogP contribution in [0.5, 0.6) is 11.5 Å². The first-order chi connectivity index (χ1) is 16.8. The largest absolute Gasteiger partial charge is 0.490 e. The van der Waals surface area contributed by atoms with Crippen LogP contribution in [0, 0.1) is 5.82 Å². The maximum atomic E-state index is 13.2. The summed E-state index contributed by atoms with van der Waals surface area (Å²) >= 11 is 0. The van der Waals surface area contributed by atoms with Crippen molar-refractivity contribution in [3.8, 4) is 11.5 Å². The average Bonchev–Trinajstić information content (AvgIpc) is 2.82. The Kier molecular flexibility index (Phi) is 9.11. The highest BCUT2D eigenvalue weighted by Gasteiger charge is 2.34. The van der Waals surface area contributed by atoms with Crippen molar-refractivity contribution in [3.05, 3.63) is 70.7 Å². The van der Waals surface area contributed by atoms with E-state index in [1.807, 2.05) is 13.8 Å². The van der Waals surface area contributed by atoms with Crippen molar-refractivity contribution in [2.45, 2.75) is 65.7 Å². The van der Waals surface area contributed by atoms with E-state index in [1.165, 1.54) is 12.1 Å². The molecule has 1 heterocycles. The smallest absolute Gasteiger partial charge is 0.338 e. The summed E-state index contributed by atoms with van der Waals surface area (Å²) in [5, 5.41) is 5.65. The number of benzene rings is 2. The molecule has 1 unspecified atom stereocenters. The Morgan fingerprint density at radius 1 is 1.06 bits per heavy atom. The van der Waals surface area contributed by atoms with Crippen LogP contribution in [-0.4, -0.2) is 24.7 Å². The van der Waals surface area contributed by atoms with E-state index in [2.05, 4.69) is 10.6 Å². The van der Waals surface area contributed by atoms with E-state index in [-0.39, 0.29) is 24.6 Å². The van der Waals surface area contributed by atoms with Crippen molar-refractivity contribution < 1.29 is 28.2 Å². The number of rotatable bonds is 11. The lowest BCUT2D eigenvalue weighted by Gasteiger charge is -2.30. The summed E-state index contributed by atoms with van der Waals surface area (Å²) in [6.07, 6.45) is 1.99. The minimum Gasteiger partial charge on any atom is -0.490 e. The van der Waals surface area contributed by atoms with Crippen LogP contribution in [0.3, 0.4) is 0 Å². The van der Waals surface area contributed by atoms with Gasteiger partial charge in [0.15, 0.2) is 11.5 Å². The van der Waals surface area contributed by atoms with Gasteiger partial charge in [-0.25, -0.2) is 14.0 Å². The first-order valence-corrected chi connectivity index (χ1v) is 12.0. The van der Waals surface area contributed by atoms with Crippen molar-refractivity contribution in [3.63, 3.8) is 0 Å². The molecule has 35 heavy (non-hydrogen) atoms. The number of halogens is 1. The lowest BCUT2D eigenvalue weighted by atomic mass is 9.93. The first kappa shape index (κ1) is 26.1. The predicted octanol–water partition coefficient (Wildman–Crippen LogP) is 5.55. The molecule has 1 aliphatic heterocycles. The molecule has 1 atom stereocenters. The fourth-order valence-corrected chi connectivity index (χ4v) is 3.77. The molecule has 0 spiro atoms. The molecule has 0 radical (unpaired) electrons. The molecule has 2 aromatic carbocycles. The Bertz CT molecular complexity index is 1070. The second kappa shape index (κ2) is 12.2. The zero-order chi connectivity index (χ0) is 25.4. The van der Waals surface area contributed by atoms with Crippen molar-refractivity contribution in [1.29, 1.82) is 0 Å². The standard InChI is InChI=1S/C27H33FN2O5/c1-5-7-8-21-24(26(31)35-17(3)4)25(30-27(32)29-21)19-11-14-22(23(15-19)33-6-2)34-16-18-9-12-20(28)13-10-18/h9-15,17,25H,5-8,16H2,1-4H3,(H2,29,30,32). The molecule has 1 aliphatic rings. The van der Waals surface area contributed by atoms with Gasteiger partial charge in [-0.15, -0.1) is 0 Å². The molecule has 0 fully saturated rings. The highest BCUT2D eigenvalue weighted by molar-refractivity contribution is 5.95. The topological polar surface area (TPSA) is 85.9 Å². The summed E-state index contributed by atoms with van der Waals surface area (Å²) in [4.78, 5) is 25.6. The molecular weight excluding hydrogens is 451 g/mol. The molecule has 3 rings (SSSR count). The third-order valence-electron chi connectivity index (χ3n) is 5.41. The lowest BCUT2D eigenvalue weighted by molar-refractivity contribution is -0.143. The second-order valence-electron chi connectivity index (χ2n) is 8.54. The van der Waals surface area contributed by atoms with Gasteiger partial charge >= 0.3 is 12.0 Å². The number of esters is 1. The zero-order valence-electron chi connectivity index (χ0n) is 20.7. The summed E-state index contributed by atoms with van der Waals surface area (Å²) in [5.41, 5.74) is 2.43. The SMILES string of the molecule is CCCCC1=C(C(=O)OC(C)C)C(c2ccc(OCc3ccc(F)cc3)c(OCC)c2)NC(=O)N1. The molecule has 2 amide bonds. The molecule has 0 aliphatic carbocycles. The summed E-state index contributed by atoms with van der Waals surface area (Å²) in [6.45, 7) is 8.11. The number of carbonyl (C=O) groups excluding carboxylic acids is 2. The third-order valence-corrected chi connectivity index (χ3v) is 5.41. The van der Waals surface area contributed by atoms with E-state index in [0.717, 1.165) is 18.4 Å². The first-order valence-electron chi connectivity index (χ1n) is 12.0. The molecule has 0 bridgehead atoms. The Morgan fingerprint density at radius 2 is 1.80 bits per heavy atom. The van der Waals surface area contributed by atoms with Crippen LogP contribution < -0.4 is 20.1 Å². The summed E-state index contributed by atoms with van der Waals surface area (Å²) < 4.78 is 30.4. The normalized spacial score (nSPS) is 15.5. The quantitative estimate of drug-likeness (QED) is 0.408. The summed E-state index contributed by atoms with van der Waals surface area (Å²) in [5.74, 6) is 0.196. The maximum Gasteiger partial charge on any atom is 0.338 e. The van der Waals surface area contributed by atoms with E-state index in [0.29, 0.717) is 41.4 Å². The van der Waals surface area contributed by atoms with Crippen LogP contribution in [0.1, 0.15) is 64.1 Å². The van der Waals surface area contributed by atoms with Crippen molar-refractivity contribution in [2.75, 3.05) is 6.61 Å². The highest BCUT2D eigenvalue weighted by Crippen LogP contribution is 2.36. The molecular formula is C27H33FN2O5. The number of urea groups is 1. The molecule has 188 valence electrons. The number of hydrogen-bond acceptors (Lipinski definition) is 5. The third kappa shape index (κ3) is 6.97. The number of ether oxygens (including phenoxy) is 3. The van der Waals surface area contributed by atoms with Gasteiger partial charge in [0, 0.05) is 5.70 Å². The summed E-state index contributed by atoms with van der Waals surface area (Å²) in [7, 11) is 0. The zero-order valence-corrected chi connectivity index (χ0v) is 20.7. The minimum atomic E-state index is -0.702. The monoisotopic (exact) mass is 484 g/mol. The van der Waals surface area contributed by atoms with E-state index < -0.39 is 12.0 Å². The molecule has 8 heteroatoms. The van der Waals surface area contributed by atoms with Gasteiger partial charge in [0.2, 0.25) is 0 Å². The fourth-order valence-electron chi connectivity index (χ4n) is 3.77. The maximum absolute atomic E-state index is 13.2. The van der Waals surface area contributed by atoms with Crippen LogP contribution in [0.25, 0.3) is 0 Å². The van der Waals surface area contributed by atoms with Gasteiger partial charge in [-0.3, -0.25) is 0 Å². The van der Waals surface area contributed by atoms with Gasteiger partial charge in [0.05, 0.1) is 24.3 Å². The van der Waals surface area contributed by atoms with Crippen molar-refractivity contribution in [1.82, 2.24) is 10.6 Å². The summed E-state index contributed by atoms with van der Waals surface area (Å²) in [6, 6.07) is 10.3. The number of nitrogens with one attached hydrogen (secondary N) is 2. The van der Waals surface area contributed by atoms with Crippen LogP contribution in [-0.2, 0) is 16.1 Å². The van der Waals surface area contributed by atoms with Crippen molar-refractivity contribution >= 4 is 12.0 Å². The molecule has 7 nitrogen and oxygen atoms in total. The van der Waals surface area contributed by atoms with Crippen LogP contribution in [0.15, 0.2) is 53.7 Å². The Balaban J connectivity index is 1.94. The van der Waals surface area contributed by atoms with Crippen LogP contribution in [0.4, 0.5) is 9.18 Å². The minimum absolute atomic E-state index is 0.233. The predicted molar refractivity (Wildman–Crippen MR) is 131 cm³/mol. The molecule has 0 saturated heterocycles. The average molecular weight is 485 g/mol. The van der Waals surface area contributed by atoms with Gasteiger partial charge in [-0.05, 0) is 69.0 Å². The molecule has 2 N–H and O–H groups in total. The molecule has 0 saturated carbocycles. The number of hydrogen-bond donors (Lipinski definition) is 2. The lowest BCUT2D eigenvalue weighted by Crippen LogP contribution is -2.46. The number of amides is 2. The Morgan fingerprint density at radius 3 is 2.46 bits per heavy atom. The van der Waals surface area contributed by atoms with Gasteiger partial charge in [-0.1, -0.05) is 31.5 Å². The molecule has 2 aromatic rings. The van der Waals surface area contributed by atoms with E-state index in [4.69, 9.17) is 14.2 Å². The van der Waals surface area contributed by atoms with Gasteiger partial charge in [-0.2, -0.15) is 0 Å².